The van der Waals surface area contributed by atoms with Crippen LogP contribution < -0.4 is 10.1 Å². The molecule has 1 heterocycles. The Kier molecular flexibility index (Phi) is 4.96. The maximum atomic E-state index is 12.6. The third-order valence-electron chi connectivity index (χ3n) is 4.07. The molecule has 1 aliphatic carbocycles. The van der Waals surface area contributed by atoms with Gasteiger partial charge in [0.25, 0.3) is 0 Å². The van der Waals surface area contributed by atoms with Crippen LogP contribution in [0.15, 0.2) is 12.3 Å². The lowest BCUT2D eigenvalue weighted by Crippen LogP contribution is -2.29. The summed E-state index contributed by atoms with van der Waals surface area (Å²) < 4.78 is 43.0. The molecule has 0 unspecified atom stereocenters. The molecule has 118 valence electrons. The van der Waals surface area contributed by atoms with Crippen LogP contribution >= 0.6 is 0 Å². The fourth-order valence-corrected chi connectivity index (χ4v) is 2.79. The molecule has 1 aliphatic rings. The molecular formula is C15H21F3N2O. The van der Waals surface area contributed by atoms with E-state index in [-0.39, 0.29) is 18.8 Å². The van der Waals surface area contributed by atoms with Crippen LogP contribution in [0.4, 0.5) is 18.9 Å². The summed E-state index contributed by atoms with van der Waals surface area (Å²) in [7, 11) is 1.55. The van der Waals surface area contributed by atoms with E-state index < -0.39 is 12.1 Å². The van der Waals surface area contributed by atoms with Crippen molar-refractivity contribution in [2.24, 2.45) is 11.8 Å². The summed E-state index contributed by atoms with van der Waals surface area (Å²) in [5.41, 5.74) is 1.81. The molecule has 3 nitrogen and oxygen atoms in total. The van der Waals surface area contributed by atoms with E-state index in [4.69, 9.17) is 4.74 Å². The van der Waals surface area contributed by atoms with Gasteiger partial charge in [0.15, 0.2) is 0 Å². The van der Waals surface area contributed by atoms with Gasteiger partial charge in [0.05, 0.1) is 18.7 Å². The van der Waals surface area contributed by atoms with Crippen LogP contribution in [0.2, 0.25) is 0 Å². The summed E-state index contributed by atoms with van der Waals surface area (Å²) in [5.74, 6) is -0.331. The molecule has 6 heteroatoms. The highest BCUT2D eigenvalue weighted by molar-refractivity contribution is 5.53. The minimum atomic E-state index is -4.04. The summed E-state index contributed by atoms with van der Waals surface area (Å²) in [5, 5.41) is 3.26. The van der Waals surface area contributed by atoms with E-state index in [1.54, 1.807) is 13.3 Å². The molecule has 1 aromatic rings. The van der Waals surface area contributed by atoms with Crippen molar-refractivity contribution >= 4 is 5.69 Å². The Morgan fingerprint density at radius 3 is 2.52 bits per heavy atom. The van der Waals surface area contributed by atoms with Crippen molar-refractivity contribution in [1.82, 2.24) is 4.98 Å². The fraction of sp³-hybridized carbons (Fsp3) is 0.667. The van der Waals surface area contributed by atoms with Gasteiger partial charge in [0.1, 0.15) is 0 Å². The van der Waals surface area contributed by atoms with Gasteiger partial charge in [-0.05, 0) is 50.2 Å². The number of hydrogen-bond acceptors (Lipinski definition) is 3. The Bertz CT molecular complexity index is 468. The van der Waals surface area contributed by atoms with Crippen LogP contribution in [0, 0.1) is 18.8 Å². The van der Waals surface area contributed by atoms with Crippen molar-refractivity contribution in [3.8, 4) is 5.88 Å². The third-order valence-corrected chi connectivity index (χ3v) is 4.07. The summed E-state index contributed by atoms with van der Waals surface area (Å²) in [4.78, 5) is 4.17. The molecule has 1 fully saturated rings. The number of aromatic nitrogens is 1. The molecule has 0 saturated heterocycles. The SMILES string of the molecule is COc1ncc(C)cc1NCC1CCC(C(F)(F)F)CC1. The molecule has 0 radical (unpaired) electrons. The van der Waals surface area contributed by atoms with E-state index in [0.29, 0.717) is 25.3 Å². The molecule has 0 amide bonds. The van der Waals surface area contributed by atoms with Gasteiger partial charge in [-0.1, -0.05) is 0 Å². The first-order valence-corrected chi connectivity index (χ1v) is 7.21. The van der Waals surface area contributed by atoms with Gasteiger partial charge in [-0.15, -0.1) is 0 Å². The third kappa shape index (κ3) is 4.25. The van der Waals surface area contributed by atoms with Gasteiger partial charge in [-0.2, -0.15) is 13.2 Å². The molecule has 0 atom stereocenters. The number of aryl methyl sites for hydroxylation is 1. The topological polar surface area (TPSA) is 34.1 Å². The van der Waals surface area contributed by atoms with Crippen molar-refractivity contribution in [1.29, 1.82) is 0 Å². The second-order valence-corrected chi connectivity index (χ2v) is 5.71. The second kappa shape index (κ2) is 6.54. The minimum absolute atomic E-state index is 0.235. The zero-order valence-corrected chi connectivity index (χ0v) is 12.3. The average Bonchev–Trinajstić information content (AvgIpc) is 2.45. The maximum absolute atomic E-state index is 12.6. The van der Waals surface area contributed by atoms with Crippen LogP contribution in [-0.4, -0.2) is 24.8 Å². The molecule has 0 bridgehead atoms. The molecule has 21 heavy (non-hydrogen) atoms. The first-order chi connectivity index (χ1) is 9.90. The van der Waals surface area contributed by atoms with Crippen LogP contribution in [0.1, 0.15) is 31.2 Å². The number of nitrogens with zero attached hydrogens (tertiary/aromatic N) is 1. The summed E-state index contributed by atoms with van der Waals surface area (Å²) in [6.07, 6.45) is -0.629. The second-order valence-electron chi connectivity index (χ2n) is 5.71. The number of hydrogen-bond donors (Lipinski definition) is 1. The standard InChI is InChI=1S/C15H21F3N2O/c1-10-7-13(14(21-2)20-8-10)19-9-11-3-5-12(6-4-11)15(16,17)18/h7-8,11-12,19H,3-6,9H2,1-2H3. The molecule has 0 spiro atoms. The number of alkyl halides is 3. The number of rotatable bonds is 4. The first-order valence-electron chi connectivity index (χ1n) is 7.21. The lowest BCUT2D eigenvalue weighted by Gasteiger charge is -2.30. The lowest BCUT2D eigenvalue weighted by atomic mass is 9.81. The molecule has 1 saturated carbocycles. The van der Waals surface area contributed by atoms with Crippen molar-refractivity contribution in [3.63, 3.8) is 0 Å². The van der Waals surface area contributed by atoms with Gasteiger partial charge in [0, 0.05) is 12.7 Å². The van der Waals surface area contributed by atoms with Crippen LogP contribution in [-0.2, 0) is 0 Å². The van der Waals surface area contributed by atoms with E-state index in [1.165, 1.54) is 0 Å². The zero-order valence-electron chi connectivity index (χ0n) is 12.3. The van der Waals surface area contributed by atoms with Crippen molar-refractivity contribution < 1.29 is 17.9 Å². The zero-order chi connectivity index (χ0) is 15.5. The monoisotopic (exact) mass is 302 g/mol. The Balaban J connectivity index is 1.86. The van der Waals surface area contributed by atoms with Crippen LogP contribution in [0.5, 0.6) is 5.88 Å². The molecule has 0 aromatic carbocycles. The normalized spacial score (nSPS) is 22.9. The Morgan fingerprint density at radius 2 is 1.95 bits per heavy atom. The summed E-state index contributed by atoms with van der Waals surface area (Å²) >= 11 is 0. The highest BCUT2D eigenvalue weighted by Crippen LogP contribution is 2.39. The molecule has 2 rings (SSSR count). The summed E-state index contributed by atoms with van der Waals surface area (Å²) in [6, 6.07) is 1.94. The number of methoxy groups -OCH3 is 1. The first kappa shape index (κ1) is 15.9. The minimum Gasteiger partial charge on any atom is -0.480 e. The highest BCUT2D eigenvalue weighted by atomic mass is 19.4. The van der Waals surface area contributed by atoms with Crippen molar-refractivity contribution in [3.05, 3.63) is 17.8 Å². The van der Waals surface area contributed by atoms with Gasteiger partial charge >= 0.3 is 6.18 Å². The Morgan fingerprint density at radius 1 is 1.29 bits per heavy atom. The maximum Gasteiger partial charge on any atom is 0.391 e. The van der Waals surface area contributed by atoms with E-state index in [1.807, 2.05) is 13.0 Å². The number of ether oxygens (including phenoxy) is 1. The fourth-order valence-electron chi connectivity index (χ4n) is 2.79. The quantitative estimate of drug-likeness (QED) is 0.906. The van der Waals surface area contributed by atoms with Gasteiger partial charge in [0.2, 0.25) is 5.88 Å². The van der Waals surface area contributed by atoms with E-state index in [2.05, 4.69) is 10.3 Å². The van der Waals surface area contributed by atoms with E-state index >= 15 is 0 Å². The largest absolute Gasteiger partial charge is 0.480 e. The number of halogens is 3. The molecule has 1 N–H and O–H groups in total. The average molecular weight is 302 g/mol. The summed E-state index contributed by atoms with van der Waals surface area (Å²) in [6.45, 7) is 2.60. The molecule has 1 aromatic heterocycles. The van der Waals surface area contributed by atoms with Crippen molar-refractivity contribution in [2.45, 2.75) is 38.8 Å². The van der Waals surface area contributed by atoms with Gasteiger partial charge in [-0.25, -0.2) is 4.98 Å². The molecule has 0 aliphatic heterocycles. The van der Waals surface area contributed by atoms with Gasteiger partial charge in [-0.3, -0.25) is 0 Å². The van der Waals surface area contributed by atoms with Gasteiger partial charge < -0.3 is 10.1 Å². The number of nitrogens with one attached hydrogen (secondary N) is 1. The smallest absolute Gasteiger partial charge is 0.391 e. The highest BCUT2D eigenvalue weighted by Gasteiger charge is 2.41. The van der Waals surface area contributed by atoms with Crippen molar-refractivity contribution in [2.75, 3.05) is 19.0 Å². The van der Waals surface area contributed by atoms with Crippen LogP contribution in [0.25, 0.3) is 0 Å². The van der Waals surface area contributed by atoms with E-state index in [9.17, 15) is 13.2 Å². The molecular weight excluding hydrogens is 281 g/mol. The number of pyridine rings is 1. The lowest BCUT2D eigenvalue weighted by molar-refractivity contribution is -0.183. The number of anilines is 1. The Labute approximate surface area is 122 Å². The van der Waals surface area contributed by atoms with Crippen LogP contribution in [0.3, 0.4) is 0 Å². The predicted octanol–water partition coefficient (Wildman–Crippen LogP) is 4.18. The van der Waals surface area contributed by atoms with E-state index in [0.717, 1.165) is 11.3 Å². The predicted molar refractivity (Wildman–Crippen MR) is 75.5 cm³/mol. The Hall–Kier alpha value is -1.46.